The van der Waals surface area contributed by atoms with Gasteiger partial charge in [-0.25, -0.2) is 4.98 Å². The number of nitrogens with zero attached hydrogens (tertiary/aromatic N) is 3. The molecule has 0 N–H and O–H groups in total. The zero-order chi connectivity index (χ0) is 35.3. The Labute approximate surface area is 295 Å². The summed E-state index contributed by atoms with van der Waals surface area (Å²) in [7, 11) is -2.77. The highest BCUT2D eigenvalue weighted by molar-refractivity contribution is 6.82. The Bertz CT molecular complexity index is 1680. The summed E-state index contributed by atoms with van der Waals surface area (Å²) in [6.07, 6.45) is 5.78. The summed E-state index contributed by atoms with van der Waals surface area (Å²) < 4.78 is 15.7. The molecule has 4 aromatic rings. The summed E-state index contributed by atoms with van der Waals surface area (Å²) in [6.45, 7) is 24.2. The lowest BCUT2D eigenvalue weighted by Crippen LogP contribution is -2.52. The average Bonchev–Trinajstić information content (AvgIpc) is 3.53. The molecule has 2 aliphatic rings. The van der Waals surface area contributed by atoms with Gasteiger partial charge in [-0.2, -0.15) is 0 Å². The Balaban J connectivity index is 1.38. The first-order chi connectivity index (χ1) is 23.2. The lowest BCUT2D eigenvalue weighted by molar-refractivity contribution is 0.00578. The van der Waals surface area contributed by atoms with E-state index >= 15 is 0 Å². The van der Waals surface area contributed by atoms with Crippen LogP contribution in [0.3, 0.4) is 0 Å². The van der Waals surface area contributed by atoms with E-state index < -0.39 is 26.6 Å². The van der Waals surface area contributed by atoms with E-state index in [1.165, 1.54) is 11.1 Å². The minimum absolute atomic E-state index is 0.0727. The lowest BCUT2D eigenvalue weighted by Gasteiger charge is -2.44. The van der Waals surface area contributed by atoms with Crippen LogP contribution in [0.4, 0.5) is 0 Å². The average molecular weight is 678 g/mol. The molecule has 1 saturated heterocycles. The number of benzene rings is 2. The molecule has 49 heavy (non-hydrogen) atoms. The Morgan fingerprint density at radius 1 is 0.837 bits per heavy atom. The SMILES string of the molecule is CC(C)[Si](C(C)C)(C(C)C)n1ccc2c(C(=O)C3CC(N(Cc4ccccc4)Cc4ccccc4)C3)c(B3OC(C)(C)C(C)(C)O3)cnc21. The van der Waals surface area contributed by atoms with Crippen LogP contribution in [0.5, 0.6) is 0 Å². The third-order valence-corrected chi connectivity index (χ3v) is 18.9. The Kier molecular flexibility index (Phi) is 9.92. The zero-order valence-electron chi connectivity index (χ0n) is 31.4. The molecule has 1 aliphatic heterocycles. The largest absolute Gasteiger partial charge is 0.497 e. The molecule has 2 fully saturated rings. The van der Waals surface area contributed by atoms with Gasteiger partial charge in [0.2, 0.25) is 0 Å². The zero-order valence-corrected chi connectivity index (χ0v) is 32.4. The fraction of sp³-hybridized carbons (Fsp3) is 0.512. The summed E-state index contributed by atoms with van der Waals surface area (Å²) >= 11 is 0. The van der Waals surface area contributed by atoms with Crippen molar-refractivity contribution in [3.05, 3.63) is 95.8 Å². The first-order valence-electron chi connectivity index (χ1n) is 18.4. The van der Waals surface area contributed by atoms with Gasteiger partial charge in [0.05, 0.1) is 11.2 Å². The van der Waals surface area contributed by atoms with Gasteiger partial charge in [-0.3, -0.25) is 9.69 Å². The number of rotatable bonds is 12. The van der Waals surface area contributed by atoms with Gasteiger partial charge in [0.15, 0.2) is 14.0 Å². The van der Waals surface area contributed by atoms with Crippen molar-refractivity contribution in [1.82, 2.24) is 14.1 Å². The Morgan fingerprint density at radius 2 is 1.33 bits per heavy atom. The van der Waals surface area contributed by atoms with Crippen molar-refractivity contribution < 1.29 is 14.1 Å². The Hall–Kier alpha value is -3.04. The number of Topliss-reactive ketones (excluding diaryl/α,β-unsaturated/α-hetero) is 1. The van der Waals surface area contributed by atoms with Gasteiger partial charge in [-0.15, -0.1) is 0 Å². The molecule has 6 rings (SSSR count). The number of carbonyl (C=O) groups is 1. The minimum Gasteiger partial charge on any atom is -0.399 e. The van der Waals surface area contributed by atoms with Crippen LogP contribution in [0.1, 0.15) is 104 Å². The van der Waals surface area contributed by atoms with Crippen LogP contribution >= 0.6 is 0 Å². The molecule has 0 spiro atoms. The van der Waals surface area contributed by atoms with Crippen molar-refractivity contribution in [2.75, 3.05) is 0 Å². The smallest absolute Gasteiger partial charge is 0.399 e. The number of hydrogen-bond donors (Lipinski definition) is 0. The number of carbonyl (C=O) groups excluding carboxylic acids is 1. The van der Waals surface area contributed by atoms with Crippen LogP contribution in [0, 0.1) is 5.92 Å². The van der Waals surface area contributed by atoms with Gasteiger partial charge in [-0.05, 0) is 80.6 Å². The van der Waals surface area contributed by atoms with E-state index in [0.29, 0.717) is 22.7 Å². The van der Waals surface area contributed by atoms with Crippen molar-refractivity contribution in [2.24, 2.45) is 5.92 Å². The molecule has 0 bridgehead atoms. The molecule has 6 nitrogen and oxygen atoms in total. The molecule has 0 unspecified atom stereocenters. The molecule has 0 radical (unpaired) electrons. The minimum atomic E-state index is -2.12. The van der Waals surface area contributed by atoms with Crippen LogP contribution in [-0.2, 0) is 22.4 Å². The summed E-state index contributed by atoms with van der Waals surface area (Å²) in [5.74, 6) is 0.118. The maximum atomic E-state index is 14.9. The van der Waals surface area contributed by atoms with Gasteiger partial charge in [0.1, 0.15) is 5.65 Å². The molecule has 0 atom stereocenters. The van der Waals surface area contributed by atoms with E-state index in [1.807, 2.05) is 6.20 Å². The van der Waals surface area contributed by atoms with E-state index in [9.17, 15) is 4.79 Å². The van der Waals surface area contributed by atoms with Crippen LogP contribution in [0.25, 0.3) is 11.0 Å². The number of fused-ring (bicyclic) bond motifs is 1. The molecular weight excluding hydrogens is 621 g/mol. The standard InChI is InChI=1S/C41H56BN3O3Si/c1-28(2)49(29(3)4,30(5)6)45-22-21-35-37(36(25-43-39(35)45)42-47-40(7,8)41(9,10)48-42)38(46)33-23-34(24-33)44(26-31-17-13-11-14-18-31)27-32-19-15-12-16-20-32/h11-22,25,28-30,33-34H,23-24,26-27H2,1-10H3. The predicted molar refractivity (Wildman–Crippen MR) is 205 cm³/mol. The number of pyridine rings is 1. The molecule has 2 aromatic heterocycles. The maximum Gasteiger partial charge on any atom is 0.497 e. The number of aromatic nitrogens is 2. The topological polar surface area (TPSA) is 56.6 Å². The maximum absolute atomic E-state index is 14.9. The van der Waals surface area contributed by atoms with Gasteiger partial charge < -0.3 is 13.5 Å². The normalized spacial score (nSPS) is 20.6. The molecule has 3 heterocycles. The highest BCUT2D eigenvalue weighted by Gasteiger charge is 2.54. The number of hydrogen-bond acceptors (Lipinski definition) is 5. The first-order valence-corrected chi connectivity index (χ1v) is 20.6. The summed E-state index contributed by atoms with van der Waals surface area (Å²) in [5, 5.41) is 0.935. The molecule has 260 valence electrons. The van der Waals surface area contributed by atoms with Crippen LogP contribution in [-0.4, -0.2) is 52.5 Å². The summed E-state index contributed by atoms with van der Waals surface area (Å²) in [6, 6.07) is 23.8. The summed E-state index contributed by atoms with van der Waals surface area (Å²) in [5.41, 5.74) is 5.46. The second-order valence-electron chi connectivity index (χ2n) is 16.5. The predicted octanol–water partition coefficient (Wildman–Crippen LogP) is 9.02. The van der Waals surface area contributed by atoms with E-state index in [0.717, 1.165) is 48.0 Å². The van der Waals surface area contributed by atoms with Crippen LogP contribution in [0.15, 0.2) is 79.1 Å². The highest BCUT2D eigenvalue weighted by Crippen LogP contribution is 2.45. The highest BCUT2D eigenvalue weighted by atomic mass is 28.3. The monoisotopic (exact) mass is 677 g/mol. The third-order valence-electron chi connectivity index (χ3n) is 12.1. The summed E-state index contributed by atoms with van der Waals surface area (Å²) in [4.78, 5) is 22.6. The van der Waals surface area contributed by atoms with E-state index in [-0.39, 0.29) is 11.7 Å². The molecule has 1 aliphatic carbocycles. The molecule has 1 saturated carbocycles. The van der Waals surface area contributed by atoms with Crippen molar-refractivity contribution >= 4 is 37.6 Å². The molecular formula is C41H56BN3O3Si. The lowest BCUT2D eigenvalue weighted by atomic mass is 9.69. The first kappa shape index (κ1) is 35.8. The van der Waals surface area contributed by atoms with E-state index in [2.05, 4.69) is 151 Å². The molecule has 0 amide bonds. The second kappa shape index (κ2) is 13.6. The van der Waals surface area contributed by atoms with Gasteiger partial charge >= 0.3 is 7.12 Å². The second-order valence-corrected chi connectivity index (χ2v) is 22.2. The fourth-order valence-corrected chi connectivity index (χ4v) is 15.5. The van der Waals surface area contributed by atoms with Gasteiger partial charge in [-0.1, -0.05) is 102 Å². The van der Waals surface area contributed by atoms with Crippen molar-refractivity contribution in [2.45, 2.75) is 129 Å². The van der Waals surface area contributed by atoms with Crippen molar-refractivity contribution in [3.8, 4) is 0 Å². The van der Waals surface area contributed by atoms with Crippen molar-refractivity contribution in [3.63, 3.8) is 0 Å². The number of ketones is 1. The van der Waals surface area contributed by atoms with Crippen LogP contribution < -0.4 is 5.46 Å². The van der Waals surface area contributed by atoms with Gasteiger partial charge in [0.25, 0.3) is 0 Å². The van der Waals surface area contributed by atoms with Crippen molar-refractivity contribution in [1.29, 1.82) is 0 Å². The Morgan fingerprint density at radius 3 is 1.80 bits per heavy atom. The quantitative estimate of drug-likeness (QED) is 0.111. The third kappa shape index (κ3) is 6.39. The van der Waals surface area contributed by atoms with E-state index in [1.54, 1.807) is 0 Å². The van der Waals surface area contributed by atoms with Crippen LogP contribution in [0.2, 0.25) is 16.6 Å². The van der Waals surface area contributed by atoms with E-state index in [4.69, 9.17) is 14.3 Å². The molecule has 8 heteroatoms. The molecule has 2 aromatic carbocycles. The van der Waals surface area contributed by atoms with Gasteiger partial charge in [0, 0.05) is 47.7 Å². The fourth-order valence-electron chi connectivity index (χ4n) is 8.93.